The van der Waals surface area contributed by atoms with Crippen molar-refractivity contribution < 1.29 is 19.2 Å². The lowest BCUT2D eigenvalue weighted by Crippen LogP contribution is -2.31. The van der Waals surface area contributed by atoms with Gasteiger partial charge in [0.1, 0.15) is 0 Å². The van der Waals surface area contributed by atoms with E-state index in [1.807, 2.05) is 13.8 Å². The van der Waals surface area contributed by atoms with Gasteiger partial charge < -0.3 is 4.74 Å². The second-order valence-electron chi connectivity index (χ2n) is 3.28. The van der Waals surface area contributed by atoms with E-state index in [-0.39, 0.29) is 6.61 Å². The number of ether oxygens (including phenoxy) is 1. The second kappa shape index (κ2) is 10.4. The number of carbonyl (C=O) groups excluding carboxylic acids is 2. The Morgan fingerprint density at radius 2 is 1.45 bits per heavy atom. The number of hydrogen-bond donors (Lipinski definition) is 1. The van der Waals surface area contributed by atoms with Crippen molar-refractivity contribution in [2.24, 2.45) is 0 Å². The van der Waals surface area contributed by atoms with E-state index in [0.717, 1.165) is 5.06 Å². The Labute approximate surface area is 125 Å². The molecule has 1 aliphatic heterocycles. The van der Waals surface area contributed by atoms with Crippen LogP contribution in [-0.4, -0.2) is 43.5 Å². The van der Waals surface area contributed by atoms with Crippen molar-refractivity contribution >= 4 is 24.4 Å². The zero-order chi connectivity index (χ0) is 15.5. The minimum Gasteiger partial charge on any atom is -0.382 e. The van der Waals surface area contributed by atoms with Crippen LogP contribution < -0.4 is 0 Å². The van der Waals surface area contributed by atoms with Crippen molar-refractivity contribution in [2.45, 2.75) is 13.8 Å². The molecule has 0 fully saturated rings. The Bertz CT molecular complexity index is 402. The van der Waals surface area contributed by atoms with Gasteiger partial charge in [0.25, 0.3) is 11.8 Å². The van der Waals surface area contributed by atoms with Crippen molar-refractivity contribution in [3.8, 4) is 0 Å². The minimum absolute atomic E-state index is 0.169. The van der Waals surface area contributed by atoms with E-state index in [0.29, 0.717) is 17.7 Å². The first-order valence-corrected chi connectivity index (χ1v) is 7.19. The number of thiol groups is 1. The highest BCUT2D eigenvalue weighted by atomic mass is 32.1. The van der Waals surface area contributed by atoms with E-state index in [4.69, 9.17) is 9.57 Å². The number of carbonyl (C=O) groups is 2. The van der Waals surface area contributed by atoms with Gasteiger partial charge in [-0.15, -0.1) is 5.06 Å². The summed E-state index contributed by atoms with van der Waals surface area (Å²) < 4.78 is 4.77. The van der Waals surface area contributed by atoms with Crippen LogP contribution in [-0.2, 0) is 9.57 Å². The van der Waals surface area contributed by atoms with Gasteiger partial charge in [0, 0.05) is 7.11 Å². The minimum atomic E-state index is -0.420. The van der Waals surface area contributed by atoms with Gasteiger partial charge in [-0.25, -0.2) is 0 Å². The average molecular weight is 299 g/mol. The van der Waals surface area contributed by atoms with Crippen LogP contribution in [0, 0.1) is 0 Å². The maximum Gasteiger partial charge on any atom is 0.285 e. The summed E-state index contributed by atoms with van der Waals surface area (Å²) in [4.78, 5) is 28.5. The molecule has 0 saturated carbocycles. The van der Waals surface area contributed by atoms with Crippen LogP contribution in [0.3, 0.4) is 0 Å². The largest absolute Gasteiger partial charge is 0.382 e. The van der Waals surface area contributed by atoms with Crippen LogP contribution in [0.25, 0.3) is 0 Å². The summed E-state index contributed by atoms with van der Waals surface area (Å²) in [6, 6.07) is 6.63. The molecule has 5 nitrogen and oxygen atoms in total. The van der Waals surface area contributed by atoms with Crippen LogP contribution in [0.15, 0.2) is 24.3 Å². The molecule has 112 valence electrons. The monoisotopic (exact) mass is 299 g/mol. The molecule has 1 aromatic rings. The fraction of sp³-hybridized carbons (Fsp3) is 0.429. The summed E-state index contributed by atoms with van der Waals surface area (Å²) in [5, 5.41) is 0.781. The lowest BCUT2D eigenvalue weighted by molar-refractivity contribution is -0.103. The molecule has 0 aliphatic carbocycles. The molecule has 0 spiro atoms. The highest BCUT2D eigenvalue weighted by Gasteiger charge is 2.36. The normalized spacial score (nSPS) is 12.2. The summed E-state index contributed by atoms with van der Waals surface area (Å²) >= 11 is 3.53. The van der Waals surface area contributed by atoms with Gasteiger partial charge in [0.2, 0.25) is 0 Å². The number of fused-ring (bicyclic) bond motifs is 1. The fourth-order valence-electron chi connectivity index (χ4n) is 1.50. The molecule has 20 heavy (non-hydrogen) atoms. The maximum atomic E-state index is 11.7. The summed E-state index contributed by atoms with van der Waals surface area (Å²) in [6.45, 7) is 4.50. The van der Waals surface area contributed by atoms with Crippen molar-refractivity contribution in [2.75, 3.05) is 26.6 Å². The van der Waals surface area contributed by atoms with Gasteiger partial charge in [0.05, 0.1) is 24.3 Å². The molecule has 6 heteroatoms. The van der Waals surface area contributed by atoms with Gasteiger partial charge in [-0.1, -0.05) is 26.0 Å². The van der Waals surface area contributed by atoms with Crippen LogP contribution in [0.1, 0.15) is 34.6 Å². The maximum absolute atomic E-state index is 11.7. The van der Waals surface area contributed by atoms with Crippen LogP contribution >= 0.6 is 12.6 Å². The van der Waals surface area contributed by atoms with Crippen molar-refractivity contribution in [3.63, 3.8) is 0 Å². The highest BCUT2D eigenvalue weighted by molar-refractivity contribution is 7.79. The first-order chi connectivity index (χ1) is 9.75. The number of nitrogens with zero attached hydrogens (tertiary/aromatic N) is 1. The number of imide groups is 1. The average Bonchev–Trinajstić information content (AvgIpc) is 2.77. The number of rotatable bonds is 4. The third-order valence-corrected chi connectivity index (χ3v) is 2.26. The molecule has 0 atom stereocenters. The predicted octanol–water partition coefficient (Wildman–Crippen LogP) is 2.43. The van der Waals surface area contributed by atoms with Gasteiger partial charge >= 0.3 is 0 Å². The lowest BCUT2D eigenvalue weighted by Gasteiger charge is -2.12. The third kappa shape index (κ3) is 4.33. The fourth-order valence-corrected chi connectivity index (χ4v) is 1.50. The SMILES string of the molecule is CC.COCCON1C(=O)c2ccccc2C1=O.CS. The van der Waals surface area contributed by atoms with Crippen molar-refractivity contribution in [1.82, 2.24) is 5.06 Å². The number of benzene rings is 1. The quantitative estimate of drug-likeness (QED) is 0.527. The molecule has 0 saturated heterocycles. The smallest absolute Gasteiger partial charge is 0.285 e. The Balaban J connectivity index is 0.000000829. The van der Waals surface area contributed by atoms with Gasteiger partial charge in [-0.2, -0.15) is 12.6 Å². The second-order valence-corrected chi connectivity index (χ2v) is 3.28. The lowest BCUT2D eigenvalue weighted by atomic mass is 10.1. The molecular formula is C14H21NO4S. The Kier molecular flexibility index (Phi) is 9.71. The van der Waals surface area contributed by atoms with E-state index >= 15 is 0 Å². The summed E-state index contributed by atoms with van der Waals surface area (Å²) in [5.74, 6) is -0.839. The Morgan fingerprint density at radius 1 is 1.00 bits per heavy atom. The predicted molar refractivity (Wildman–Crippen MR) is 81.0 cm³/mol. The van der Waals surface area contributed by atoms with Crippen LogP contribution in [0.4, 0.5) is 0 Å². The molecule has 0 bridgehead atoms. The van der Waals surface area contributed by atoms with Crippen molar-refractivity contribution in [1.29, 1.82) is 0 Å². The van der Waals surface area contributed by atoms with E-state index in [1.54, 1.807) is 30.5 Å². The Morgan fingerprint density at radius 3 is 1.85 bits per heavy atom. The van der Waals surface area contributed by atoms with Crippen LogP contribution in [0.5, 0.6) is 0 Å². The topological polar surface area (TPSA) is 55.8 Å². The van der Waals surface area contributed by atoms with E-state index in [1.165, 1.54) is 7.11 Å². The number of methoxy groups -OCH3 is 1. The molecule has 0 aromatic heterocycles. The van der Waals surface area contributed by atoms with Crippen LogP contribution in [0.2, 0.25) is 0 Å². The van der Waals surface area contributed by atoms with E-state index in [9.17, 15) is 9.59 Å². The van der Waals surface area contributed by atoms with Crippen molar-refractivity contribution in [3.05, 3.63) is 35.4 Å². The standard InChI is InChI=1S/C11H11NO4.C2H6.CH4S/c1-15-6-7-16-12-10(13)8-4-2-3-5-9(8)11(12)14;2*1-2/h2-5H,6-7H2,1H3;1-2H3;2H,1H3. The van der Waals surface area contributed by atoms with Gasteiger partial charge in [0.15, 0.2) is 0 Å². The summed E-state index contributed by atoms with van der Waals surface area (Å²) in [5.41, 5.74) is 0.759. The molecule has 1 aromatic carbocycles. The molecule has 0 radical (unpaired) electrons. The summed E-state index contributed by atoms with van der Waals surface area (Å²) in [7, 11) is 1.52. The van der Waals surface area contributed by atoms with E-state index < -0.39 is 11.8 Å². The summed E-state index contributed by atoms with van der Waals surface area (Å²) in [6.07, 6.45) is 1.69. The number of hydrogen-bond acceptors (Lipinski definition) is 5. The number of amides is 2. The zero-order valence-electron chi connectivity index (χ0n) is 12.3. The molecule has 1 aliphatic rings. The Hall–Kier alpha value is -1.37. The highest BCUT2D eigenvalue weighted by Crippen LogP contribution is 2.22. The first-order valence-electron chi connectivity index (χ1n) is 6.30. The zero-order valence-corrected chi connectivity index (χ0v) is 13.1. The molecular weight excluding hydrogens is 278 g/mol. The number of hydroxylamine groups is 2. The first kappa shape index (κ1) is 18.6. The van der Waals surface area contributed by atoms with Gasteiger partial charge in [-0.3, -0.25) is 14.4 Å². The van der Waals surface area contributed by atoms with Gasteiger partial charge in [-0.05, 0) is 18.4 Å². The molecule has 0 unspecified atom stereocenters. The molecule has 2 amide bonds. The molecule has 2 rings (SSSR count). The molecule has 1 heterocycles. The molecule has 0 N–H and O–H groups in total. The third-order valence-electron chi connectivity index (χ3n) is 2.26. The van der Waals surface area contributed by atoms with E-state index in [2.05, 4.69) is 12.6 Å².